The number of aryl methyl sites for hydroxylation is 2. The number of rotatable bonds is 2. The molecule has 0 bridgehead atoms. The number of benzene rings is 1. The highest BCUT2D eigenvalue weighted by Crippen LogP contribution is 2.34. The second kappa shape index (κ2) is 3.88. The van der Waals surface area contributed by atoms with Crippen LogP contribution in [0, 0.1) is 6.92 Å². The van der Waals surface area contributed by atoms with Crippen LogP contribution in [0.15, 0.2) is 12.1 Å². The van der Waals surface area contributed by atoms with Gasteiger partial charge in [0.15, 0.2) is 0 Å². The molecule has 0 aliphatic carbocycles. The largest absolute Gasteiger partial charge is 0.368 e. The zero-order valence-electron chi connectivity index (χ0n) is 10.3. The second-order valence-electron chi connectivity index (χ2n) is 4.81. The zero-order valence-corrected chi connectivity index (χ0v) is 10.3. The van der Waals surface area contributed by atoms with Crippen molar-refractivity contribution in [2.24, 2.45) is 0 Å². The highest BCUT2D eigenvalue weighted by atomic mass is 15.2. The van der Waals surface area contributed by atoms with Crippen LogP contribution in [0.2, 0.25) is 0 Å². The number of fused-ring (bicyclic) bond motifs is 1. The average molecular weight is 203 g/mol. The van der Waals surface area contributed by atoms with Gasteiger partial charge in [-0.3, -0.25) is 0 Å². The number of nitrogens with zero attached hydrogens (tertiary/aromatic N) is 1. The minimum absolute atomic E-state index is 0.623. The minimum atomic E-state index is 0.623. The van der Waals surface area contributed by atoms with E-state index in [4.69, 9.17) is 0 Å². The predicted molar refractivity (Wildman–Crippen MR) is 66.7 cm³/mol. The number of anilines is 1. The van der Waals surface area contributed by atoms with E-state index in [0.29, 0.717) is 6.04 Å². The van der Waals surface area contributed by atoms with E-state index >= 15 is 0 Å². The van der Waals surface area contributed by atoms with Crippen molar-refractivity contribution in [1.82, 2.24) is 0 Å². The molecular weight excluding hydrogens is 182 g/mol. The molecule has 0 spiro atoms. The van der Waals surface area contributed by atoms with Gasteiger partial charge >= 0.3 is 0 Å². The quantitative estimate of drug-likeness (QED) is 0.712. The lowest BCUT2D eigenvalue weighted by atomic mass is 10.0. The summed E-state index contributed by atoms with van der Waals surface area (Å²) in [6.07, 6.45) is 2.37. The Morgan fingerprint density at radius 3 is 2.67 bits per heavy atom. The lowest BCUT2D eigenvalue weighted by Gasteiger charge is -2.25. The SMILES string of the molecule is CCc1cc(C)c2c(c1)CCN2C(C)C. The van der Waals surface area contributed by atoms with Crippen molar-refractivity contribution in [3.63, 3.8) is 0 Å². The van der Waals surface area contributed by atoms with Crippen LogP contribution in [0.4, 0.5) is 5.69 Å². The molecule has 0 radical (unpaired) electrons. The van der Waals surface area contributed by atoms with Gasteiger partial charge in [-0.05, 0) is 50.3 Å². The summed E-state index contributed by atoms with van der Waals surface area (Å²) in [7, 11) is 0. The van der Waals surface area contributed by atoms with Crippen LogP contribution in [-0.4, -0.2) is 12.6 Å². The molecular formula is C14H21N. The molecule has 15 heavy (non-hydrogen) atoms. The van der Waals surface area contributed by atoms with Crippen LogP contribution < -0.4 is 4.90 Å². The van der Waals surface area contributed by atoms with E-state index < -0.39 is 0 Å². The van der Waals surface area contributed by atoms with Crippen LogP contribution in [0.3, 0.4) is 0 Å². The summed E-state index contributed by atoms with van der Waals surface area (Å²) in [4.78, 5) is 2.53. The molecule has 1 aliphatic heterocycles. The maximum absolute atomic E-state index is 2.53. The van der Waals surface area contributed by atoms with E-state index in [1.807, 2.05) is 0 Å². The molecule has 0 amide bonds. The molecule has 0 unspecified atom stereocenters. The van der Waals surface area contributed by atoms with Crippen molar-refractivity contribution in [2.75, 3.05) is 11.4 Å². The first kappa shape index (κ1) is 10.5. The molecule has 1 heterocycles. The highest BCUT2D eigenvalue weighted by Gasteiger charge is 2.23. The van der Waals surface area contributed by atoms with Gasteiger partial charge < -0.3 is 4.90 Å². The third-order valence-corrected chi connectivity index (χ3v) is 3.38. The molecule has 1 aliphatic rings. The topological polar surface area (TPSA) is 3.24 Å². The van der Waals surface area contributed by atoms with E-state index in [9.17, 15) is 0 Å². The van der Waals surface area contributed by atoms with Gasteiger partial charge in [0.05, 0.1) is 0 Å². The third kappa shape index (κ3) is 1.75. The third-order valence-electron chi connectivity index (χ3n) is 3.38. The summed E-state index contributed by atoms with van der Waals surface area (Å²) in [5.74, 6) is 0. The Kier molecular flexibility index (Phi) is 2.72. The van der Waals surface area contributed by atoms with Crippen LogP contribution in [0.1, 0.15) is 37.5 Å². The van der Waals surface area contributed by atoms with Crippen molar-refractivity contribution < 1.29 is 0 Å². The smallest absolute Gasteiger partial charge is 0.0431 e. The Balaban J connectivity index is 2.45. The van der Waals surface area contributed by atoms with E-state index in [-0.39, 0.29) is 0 Å². The Morgan fingerprint density at radius 1 is 1.33 bits per heavy atom. The summed E-state index contributed by atoms with van der Waals surface area (Å²) in [6.45, 7) is 10.2. The first-order valence-electron chi connectivity index (χ1n) is 6.02. The Labute approximate surface area is 93.1 Å². The molecule has 0 fully saturated rings. The van der Waals surface area contributed by atoms with Gasteiger partial charge in [0.1, 0.15) is 0 Å². The van der Waals surface area contributed by atoms with E-state index in [1.165, 1.54) is 29.8 Å². The summed E-state index contributed by atoms with van der Waals surface area (Å²) >= 11 is 0. The summed E-state index contributed by atoms with van der Waals surface area (Å²) < 4.78 is 0. The van der Waals surface area contributed by atoms with Crippen molar-refractivity contribution in [1.29, 1.82) is 0 Å². The Hall–Kier alpha value is -0.980. The summed E-state index contributed by atoms with van der Waals surface area (Å²) in [6, 6.07) is 5.36. The van der Waals surface area contributed by atoms with Crippen molar-refractivity contribution in [2.45, 2.75) is 46.6 Å². The molecule has 82 valence electrons. The molecule has 0 atom stereocenters. The van der Waals surface area contributed by atoms with Crippen molar-refractivity contribution in [3.05, 3.63) is 28.8 Å². The zero-order chi connectivity index (χ0) is 11.0. The summed E-state index contributed by atoms with van der Waals surface area (Å²) in [5.41, 5.74) is 6.00. The predicted octanol–water partition coefficient (Wildman–Crippen LogP) is 3.33. The average Bonchev–Trinajstić information content (AvgIpc) is 2.61. The normalized spacial score (nSPS) is 14.9. The fraction of sp³-hybridized carbons (Fsp3) is 0.571. The van der Waals surface area contributed by atoms with E-state index in [2.05, 4.69) is 44.7 Å². The maximum atomic E-state index is 2.53. The van der Waals surface area contributed by atoms with Crippen LogP contribution >= 0.6 is 0 Å². The van der Waals surface area contributed by atoms with Crippen LogP contribution in [-0.2, 0) is 12.8 Å². The van der Waals surface area contributed by atoms with Gasteiger partial charge in [-0.2, -0.15) is 0 Å². The first-order chi connectivity index (χ1) is 7.13. The fourth-order valence-electron chi connectivity index (χ4n) is 2.61. The van der Waals surface area contributed by atoms with Gasteiger partial charge in [0, 0.05) is 18.3 Å². The van der Waals surface area contributed by atoms with E-state index in [1.54, 1.807) is 5.56 Å². The van der Waals surface area contributed by atoms with Gasteiger partial charge in [-0.1, -0.05) is 19.1 Å². The molecule has 0 aromatic heterocycles. The second-order valence-corrected chi connectivity index (χ2v) is 4.81. The Morgan fingerprint density at radius 2 is 2.07 bits per heavy atom. The fourth-order valence-corrected chi connectivity index (χ4v) is 2.61. The molecule has 0 N–H and O–H groups in total. The maximum Gasteiger partial charge on any atom is 0.0431 e. The molecule has 0 saturated heterocycles. The van der Waals surface area contributed by atoms with Crippen LogP contribution in [0.5, 0.6) is 0 Å². The lowest BCUT2D eigenvalue weighted by molar-refractivity contribution is 0.709. The molecule has 0 saturated carbocycles. The summed E-state index contributed by atoms with van der Waals surface area (Å²) in [5, 5.41) is 0. The van der Waals surface area contributed by atoms with E-state index in [0.717, 1.165) is 6.42 Å². The Bertz CT molecular complexity index is 366. The molecule has 2 rings (SSSR count). The minimum Gasteiger partial charge on any atom is -0.368 e. The van der Waals surface area contributed by atoms with Crippen molar-refractivity contribution in [3.8, 4) is 0 Å². The standard InChI is InChI=1S/C14H21N/c1-5-12-8-11(4)14-13(9-12)6-7-15(14)10(2)3/h8-10H,5-7H2,1-4H3. The molecule has 1 heteroatoms. The first-order valence-corrected chi connectivity index (χ1v) is 6.02. The van der Waals surface area contributed by atoms with Gasteiger partial charge in [-0.25, -0.2) is 0 Å². The monoisotopic (exact) mass is 203 g/mol. The van der Waals surface area contributed by atoms with Gasteiger partial charge in [0.25, 0.3) is 0 Å². The van der Waals surface area contributed by atoms with Gasteiger partial charge in [0.2, 0.25) is 0 Å². The number of hydrogen-bond acceptors (Lipinski definition) is 1. The number of hydrogen-bond donors (Lipinski definition) is 0. The highest BCUT2D eigenvalue weighted by molar-refractivity contribution is 5.64. The molecule has 1 nitrogen and oxygen atoms in total. The van der Waals surface area contributed by atoms with Crippen LogP contribution in [0.25, 0.3) is 0 Å². The molecule has 1 aromatic carbocycles. The van der Waals surface area contributed by atoms with Gasteiger partial charge in [-0.15, -0.1) is 0 Å². The molecule has 1 aromatic rings. The lowest BCUT2D eigenvalue weighted by Crippen LogP contribution is -2.28. The van der Waals surface area contributed by atoms with Crippen molar-refractivity contribution >= 4 is 5.69 Å².